The molecule has 19 heavy (non-hydrogen) atoms. The van der Waals surface area contributed by atoms with Crippen LogP contribution in [0.2, 0.25) is 0 Å². The number of amides is 1. The number of anilines is 1. The Balaban J connectivity index is 2.11. The molecular weight excluding hydrogens is 244 g/mol. The molecule has 0 saturated heterocycles. The molecule has 0 radical (unpaired) electrons. The van der Waals surface area contributed by atoms with Gasteiger partial charge in [0, 0.05) is 5.69 Å². The number of carbonyl (C=O) groups is 1. The zero-order chi connectivity index (χ0) is 13.8. The standard InChI is InChI=1S/C14H16N2O3/c1-4-18-12-7-5-11(6-8-12)15-14(17)13-9(2)16-19-10(13)3/h5-8H,4H2,1-3H3,(H,15,17). The minimum Gasteiger partial charge on any atom is -0.494 e. The predicted molar refractivity (Wildman–Crippen MR) is 71.5 cm³/mol. The fraction of sp³-hybridized carbons (Fsp3) is 0.286. The summed E-state index contributed by atoms with van der Waals surface area (Å²) >= 11 is 0. The summed E-state index contributed by atoms with van der Waals surface area (Å²) in [7, 11) is 0. The van der Waals surface area contributed by atoms with Crippen LogP contribution in [0.1, 0.15) is 28.7 Å². The summed E-state index contributed by atoms with van der Waals surface area (Å²) < 4.78 is 10.3. The van der Waals surface area contributed by atoms with Gasteiger partial charge in [-0.25, -0.2) is 0 Å². The van der Waals surface area contributed by atoms with Gasteiger partial charge in [0.15, 0.2) is 0 Å². The molecule has 0 aliphatic rings. The molecule has 1 aromatic heterocycles. The van der Waals surface area contributed by atoms with Gasteiger partial charge in [0.1, 0.15) is 17.1 Å². The normalized spacial score (nSPS) is 10.3. The summed E-state index contributed by atoms with van der Waals surface area (Å²) in [5.41, 5.74) is 1.77. The van der Waals surface area contributed by atoms with Crippen LogP contribution in [-0.4, -0.2) is 17.7 Å². The van der Waals surface area contributed by atoms with Crippen molar-refractivity contribution in [1.82, 2.24) is 5.16 Å². The molecule has 5 nitrogen and oxygen atoms in total. The summed E-state index contributed by atoms with van der Waals surface area (Å²) in [5, 5.41) is 6.56. The van der Waals surface area contributed by atoms with E-state index in [1.54, 1.807) is 26.0 Å². The second kappa shape index (κ2) is 5.56. The van der Waals surface area contributed by atoms with Crippen molar-refractivity contribution in [2.75, 3.05) is 11.9 Å². The number of aromatic nitrogens is 1. The maximum atomic E-state index is 12.1. The van der Waals surface area contributed by atoms with Crippen LogP contribution in [0.15, 0.2) is 28.8 Å². The van der Waals surface area contributed by atoms with Gasteiger partial charge in [-0.05, 0) is 45.0 Å². The first-order valence-corrected chi connectivity index (χ1v) is 6.09. The molecule has 2 rings (SSSR count). The van der Waals surface area contributed by atoms with Crippen molar-refractivity contribution in [2.24, 2.45) is 0 Å². The van der Waals surface area contributed by atoms with E-state index in [-0.39, 0.29) is 5.91 Å². The van der Waals surface area contributed by atoms with Crippen LogP contribution in [0.5, 0.6) is 5.75 Å². The van der Waals surface area contributed by atoms with Gasteiger partial charge in [0.05, 0.1) is 12.3 Å². The zero-order valence-electron chi connectivity index (χ0n) is 11.2. The highest BCUT2D eigenvalue weighted by Gasteiger charge is 2.17. The molecule has 0 fully saturated rings. The van der Waals surface area contributed by atoms with Crippen LogP contribution in [-0.2, 0) is 0 Å². The van der Waals surface area contributed by atoms with Crippen molar-refractivity contribution >= 4 is 11.6 Å². The average Bonchev–Trinajstić information content (AvgIpc) is 2.72. The number of hydrogen-bond acceptors (Lipinski definition) is 4. The molecule has 0 aliphatic carbocycles. The lowest BCUT2D eigenvalue weighted by Gasteiger charge is -2.06. The number of hydrogen-bond donors (Lipinski definition) is 1. The maximum Gasteiger partial charge on any atom is 0.261 e. The number of carbonyl (C=O) groups excluding carboxylic acids is 1. The van der Waals surface area contributed by atoms with Gasteiger partial charge in [0.25, 0.3) is 5.91 Å². The molecule has 0 unspecified atom stereocenters. The van der Waals surface area contributed by atoms with Crippen LogP contribution in [0, 0.1) is 13.8 Å². The Labute approximate surface area is 111 Å². The molecule has 1 N–H and O–H groups in total. The van der Waals surface area contributed by atoms with Crippen molar-refractivity contribution in [3.8, 4) is 5.75 Å². The Bertz CT molecular complexity index is 553. The van der Waals surface area contributed by atoms with Gasteiger partial charge in [-0.1, -0.05) is 5.16 Å². The molecule has 100 valence electrons. The second-order valence-corrected chi connectivity index (χ2v) is 4.11. The van der Waals surface area contributed by atoms with Crippen molar-refractivity contribution in [2.45, 2.75) is 20.8 Å². The quantitative estimate of drug-likeness (QED) is 0.918. The van der Waals surface area contributed by atoms with Crippen molar-refractivity contribution in [1.29, 1.82) is 0 Å². The van der Waals surface area contributed by atoms with Crippen LogP contribution in [0.25, 0.3) is 0 Å². The first kappa shape index (κ1) is 13.1. The lowest BCUT2D eigenvalue weighted by molar-refractivity contribution is 0.102. The molecule has 2 aromatic rings. The third kappa shape index (κ3) is 2.93. The highest BCUT2D eigenvalue weighted by atomic mass is 16.5. The summed E-state index contributed by atoms with van der Waals surface area (Å²) in [6.45, 7) is 5.99. The van der Waals surface area contributed by atoms with E-state index in [1.165, 1.54) is 0 Å². The Kier molecular flexibility index (Phi) is 3.85. The largest absolute Gasteiger partial charge is 0.494 e. The number of aryl methyl sites for hydroxylation is 2. The Morgan fingerprint density at radius 2 is 2.00 bits per heavy atom. The molecule has 0 atom stereocenters. The third-order valence-corrected chi connectivity index (χ3v) is 2.68. The summed E-state index contributed by atoms with van der Waals surface area (Å²) in [4.78, 5) is 12.1. The number of benzene rings is 1. The topological polar surface area (TPSA) is 64.4 Å². The fourth-order valence-corrected chi connectivity index (χ4v) is 1.80. The minimum atomic E-state index is -0.222. The minimum absolute atomic E-state index is 0.222. The first-order valence-electron chi connectivity index (χ1n) is 6.09. The summed E-state index contributed by atoms with van der Waals surface area (Å²) in [6.07, 6.45) is 0. The van der Waals surface area contributed by atoms with Crippen molar-refractivity contribution < 1.29 is 14.1 Å². The van der Waals surface area contributed by atoms with Crippen LogP contribution < -0.4 is 10.1 Å². The van der Waals surface area contributed by atoms with Gasteiger partial charge < -0.3 is 14.6 Å². The molecule has 1 amide bonds. The second-order valence-electron chi connectivity index (χ2n) is 4.11. The smallest absolute Gasteiger partial charge is 0.261 e. The number of ether oxygens (including phenoxy) is 1. The van der Waals surface area contributed by atoms with E-state index in [0.717, 1.165) is 5.75 Å². The first-order chi connectivity index (χ1) is 9.11. The van der Waals surface area contributed by atoms with E-state index >= 15 is 0 Å². The van der Waals surface area contributed by atoms with Crippen LogP contribution >= 0.6 is 0 Å². The Morgan fingerprint density at radius 1 is 1.32 bits per heavy atom. The monoisotopic (exact) mass is 260 g/mol. The molecular formula is C14H16N2O3. The van der Waals surface area contributed by atoms with E-state index in [4.69, 9.17) is 9.26 Å². The van der Waals surface area contributed by atoms with Gasteiger partial charge in [0.2, 0.25) is 0 Å². The van der Waals surface area contributed by atoms with Gasteiger partial charge in [-0.2, -0.15) is 0 Å². The van der Waals surface area contributed by atoms with Gasteiger partial charge in [-0.3, -0.25) is 4.79 Å². The van der Waals surface area contributed by atoms with E-state index in [2.05, 4.69) is 10.5 Å². The van der Waals surface area contributed by atoms with Gasteiger partial charge >= 0.3 is 0 Å². The number of rotatable bonds is 4. The summed E-state index contributed by atoms with van der Waals surface area (Å²) in [5.74, 6) is 1.07. The SMILES string of the molecule is CCOc1ccc(NC(=O)c2c(C)noc2C)cc1. The van der Waals surface area contributed by atoms with E-state index in [0.29, 0.717) is 29.3 Å². The summed E-state index contributed by atoms with van der Waals surface area (Å²) in [6, 6.07) is 7.21. The van der Waals surface area contributed by atoms with E-state index in [1.807, 2.05) is 19.1 Å². The van der Waals surface area contributed by atoms with Crippen molar-refractivity contribution in [3.05, 3.63) is 41.3 Å². The molecule has 1 aromatic carbocycles. The predicted octanol–water partition coefficient (Wildman–Crippen LogP) is 2.94. The van der Waals surface area contributed by atoms with E-state index < -0.39 is 0 Å². The van der Waals surface area contributed by atoms with Crippen LogP contribution in [0.4, 0.5) is 5.69 Å². The molecule has 0 spiro atoms. The fourth-order valence-electron chi connectivity index (χ4n) is 1.80. The Hall–Kier alpha value is -2.30. The highest BCUT2D eigenvalue weighted by Crippen LogP contribution is 2.18. The molecule has 0 aliphatic heterocycles. The molecule has 0 bridgehead atoms. The van der Waals surface area contributed by atoms with Gasteiger partial charge in [-0.15, -0.1) is 0 Å². The molecule has 5 heteroatoms. The molecule has 0 saturated carbocycles. The Morgan fingerprint density at radius 3 is 2.53 bits per heavy atom. The lowest BCUT2D eigenvalue weighted by Crippen LogP contribution is -2.13. The third-order valence-electron chi connectivity index (χ3n) is 2.68. The molecule has 1 heterocycles. The maximum absolute atomic E-state index is 12.1. The highest BCUT2D eigenvalue weighted by molar-refractivity contribution is 6.05. The lowest BCUT2D eigenvalue weighted by atomic mass is 10.2. The number of nitrogens with one attached hydrogen (secondary N) is 1. The van der Waals surface area contributed by atoms with Crippen LogP contribution in [0.3, 0.4) is 0 Å². The number of nitrogens with zero attached hydrogens (tertiary/aromatic N) is 1. The average molecular weight is 260 g/mol. The van der Waals surface area contributed by atoms with E-state index in [9.17, 15) is 4.79 Å². The zero-order valence-corrected chi connectivity index (χ0v) is 11.2. The van der Waals surface area contributed by atoms with Crippen molar-refractivity contribution in [3.63, 3.8) is 0 Å².